The topological polar surface area (TPSA) is 45.2 Å². The Hall–Kier alpha value is -1.58. The van der Waals surface area contributed by atoms with Crippen molar-refractivity contribution in [2.24, 2.45) is 5.92 Å². The van der Waals surface area contributed by atoms with E-state index >= 15 is 0 Å². The Labute approximate surface area is 115 Å². The van der Waals surface area contributed by atoms with Crippen LogP contribution in [0.1, 0.15) is 42.2 Å². The fourth-order valence-corrected chi connectivity index (χ4v) is 2.65. The molecule has 1 saturated heterocycles. The molecule has 0 atom stereocenters. The van der Waals surface area contributed by atoms with Crippen LogP contribution >= 0.6 is 0 Å². The Balaban J connectivity index is 2.09. The summed E-state index contributed by atoms with van der Waals surface area (Å²) in [5.74, 6) is 1.68. The van der Waals surface area contributed by atoms with E-state index in [1.165, 1.54) is 6.42 Å². The van der Waals surface area contributed by atoms with Crippen LogP contribution in [0.25, 0.3) is 0 Å². The zero-order chi connectivity index (χ0) is 13.8. The van der Waals surface area contributed by atoms with Gasteiger partial charge in [0.2, 0.25) is 0 Å². The molecule has 0 radical (unpaired) electrons. The maximum Gasteiger partial charge on any atom is 0.254 e. The molecule has 1 aromatic rings. The molecule has 1 N–H and O–H groups in total. The van der Waals surface area contributed by atoms with Gasteiger partial charge in [0.15, 0.2) is 0 Å². The van der Waals surface area contributed by atoms with E-state index in [1.807, 2.05) is 31.0 Å². The van der Waals surface area contributed by atoms with Crippen LogP contribution in [0, 0.1) is 12.8 Å². The van der Waals surface area contributed by atoms with Gasteiger partial charge in [-0.05, 0) is 37.8 Å². The highest BCUT2D eigenvalue weighted by atomic mass is 16.2. The highest BCUT2D eigenvalue weighted by Gasteiger charge is 2.23. The molecule has 4 heteroatoms. The van der Waals surface area contributed by atoms with Gasteiger partial charge in [0, 0.05) is 31.4 Å². The molecular formula is C15H23N3O. The van der Waals surface area contributed by atoms with E-state index in [2.05, 4.69) is 17.2 Å². The van der Waals surface area contributed by atoms with Crippen molar-refractivity contribution in [3.63, 3.8) is 0 Å². The molecule has 104 valence electrons. The molecule has 1 aliphatic heterocycles. The Morgan fingerprint density at radius 3 is 2.68 bits per heavy atom. The van der Waals surface area contributed by atoms with E-state index in [0.29, 0.717) is 0 Å². The Kier molecular flexibility index (Phi) is 4.40. The molecule has 0 saturated carbocycles. The fraction of sp³-hybridized carbons (Fsp3) is 0.600. The van der Waals surface area contributed by atoms with E-state index in [-0.39, 0.29) is 5.91 Å². The van der Waals surface area contributed by atoms with Crippen molar-refractivity contribution < 1.29 is 4.79 Å². The maximum absolute atomic E-state index is 12.5. The summed E-state index contributed by atoms with van der Waals surface area (Å²) in [6.45, 7) is 5.91. The number of pyridine rings is 1. The van der Waals surface area contributed by atoms with Crippen molar-refractivity contribution in [2.45, 2.75) is 33.1 Å². The van der Waals surface area contributed by atoms with Gasteiger partial charge in [0.25, 0.3) is 5.91 Å². The number of aromatic nitrogens is 1. The number of likely N-dealkylation sites (tertiary alicyclic amines) is 1. The molecule has 0 unspecified atom stereocenters. The number of nitrogens with zero attached hydrogens (tertiary/aromatic N) is 2. The minimum atomic E-state index is 0.136. The Morgan fingerprint density at radius 2 is 2.11 bits per heavy atom. The first-order valence-corrected chi connectivity index (χ1v) is 7.09. The lowest BCUT2D eigenvalue weighted by Crippen LogP contribution is -2.38. The van der Waals surface area contributed by atoms with Crippen molar-refractivity contribution in [3.8, 4) is 0 Å². The molecule has 4 nitrogen and oxygen atoms in total. The molecule has 0 spiro atoms. The first-order valence-electron chi connectivity index (χ1n) is 7.09. The zero-order valence-corrected chi connectivity index (χ0v) is 12.1. The standard InChI is InChI=1S/C15H23N3O/c1-4-12-5-7-18(8-6-12)15(19)13-9-11(2)17-14(10-13)16-3/h9-10,12H,4-8H2,1-3H3,(H,16,17). The van der Waals surface area contributed by atoms with Crippen molar-refractivity contribution in [1.82, 2.24) is 9.88 Å². The van der Waals surface area contributed by atoms with Gasteiger partial charge in [-0.2, -0.15) is 0 Å². The lowest BCUT2D eigenvalue weighted by Gasteiger charge is -2.31. The first kappa shape index (κ1) is 13.8. The number of aryl methyl sites for hydroxylation is 1. The van der Waals surface area contributed by atoms with Crippen LogP contribution in [0.15, 0.2) is 12.1 Å². The second kappa shape index (κ2) is 6.04. The molecular weight excluding hydrogens is 238 g/mol. The molecule has 19 heavy (non-hydrogen) atoms. The quantitative estimate of drug-likeness (QED) is 0.910. The molecule has 1 aliphatic rings. The summed E-state index contributed by atoms with van der Waals surface area (Å²) in [5.41, 5.74) is 1.62. The summed E-state index contributed by atoms with van der Waals surface area (Å²) in [6.07, 6.45) is 3.48. The molecule has 2 heterocycles. The molecule has 0 aliphatic carbocycles. The molecule has 1 fully saturated rings. The average molecular weight is 261 g/mol. The van der Waals surface area contributed by atoms with E-state index in [0.717, 1.165) is 48.9 Å². The Bertz CT molecular complexity index is 451. The number of nitrogens with one attached hydrogen (secondary N) is 1. The fourth-order valence-electron chi connectivity index (χ4n) is 2.65. The average Bonchev–Trinajstić information content (AvgIpc) is 2.46. The summed E-state index contributed by atoms with van der Waals surface area (Å²) >= 11 is 0. The van der Waals surface area contributed by atoms with Crippen molar-refractivity contribution in [1.29, 1.82) is 0 Å². The highest BCUT2D eigenvalue weighted by Crippen LogP contribution is 2.22. The summed E-state index contributed by atoms with van der Waals surface area (Å²) in [7, 11) is 1.82. The molecule has 1 amide bonds. The van der Waals surface area contributed by atoms with E-state index in [1.54, 1.807) is 0 Å². The van der Waals surface area contributed by atoms with Crippen molar-refractivity contribution in [3.05, 3.63) is 23.4 Å². The van der Waals surface area contributed by atoms with E-state index in [4.69, 9.17) is 0 Å². The van der Waals surface area contributed by atoms with Crippen LogP contribution in [-0.4, -0.2) is 35.9 Å². The van der Waals surface area contributed by atoms with Crippen LogP contribution in [0.3, 0.4) is 0 Å². The lowest BCUT2D eigenvalue weighted by molar-refractivity contribution is 0.0688. The number of anilines is 1. The number of piperidine rings is 1. The minimum absolute atomic E-state index is 0.136. The SMILES string of the molecule is CCC1CCN(C(=O)c2cc(C)nc(NC)c2)CC1. The maximum atomic E-state index is 12.5. The molecule has 2 rings (SSSR count). The van der Waals surface area contributed by atoms with Gasteiger partial charge in [0.1, 0.15) is 5.82 Å². The smallest absolute Gasteiger partial charge is 0.254 e. The van der Waals surface area contributed by atoms with E-state index < -0.39 is 0 Å². The number of rotatable bonds is 3. The van der Waals surface area contributed by atoms with Gasteiger partial charge < -0.3 is 10.2 Å². The largest absolute Gasteiger partial charge is 0.373 e. The molecule has 0 aromatic carbocycles. The highest BCUT2D eigenvalue weighted by molar-refractivity contribution is 5.95. The number of hydrogen-bond donors (Lipinski definition) is 1. The third-order valence-corrected chi connectivity index (χ3v) is 3.94. The Morgan fingerprint density at radius 1 is 1.42 bits per heavy atom. The summed E-state index contributed by atoms with van der Waals surface area (Å²) < 4.78 is 0. The summed E-state index contributed by atoms with van der Waals surface area (Å²) in [5, 5.41) is 3.00. The number of amides is 1. The lowest BCUT2D eigenvalue weighted by atomic mass is 9.94. The van der Waals surface area contributed by atoms with Gasteiger partial charge in [-0.15, -0.1) is 0 Å². The van der Waals surface area contributed by atoms with Gasteiger partial charge in [-0.1, -0.05) is 13.3 Å². The molecule has 1 aromatic heterocycles. The minimum Gasteiger partial charge on any atom is -0.373 e. The predicted molar refractivity (Wildman–Crippen MR) is 77.4 cm³/mol. The van der Waals surface area contributed by atoms with Crippen molar-refractivity contribution >= 4 is 11.7 Å². The number of carbonyl (C=O) groups is 1. The van der Waals surface area contributed by atoms with Crippen LogP contribution in [0.5, 0.6) is 0 Å². The zero-order valence-electron chi connectivity index (χ0n) is 12.1. The van der Waals surface area contributed by atoms with Crippen LogP contribution in [0.4, 0.5) is 5.82 Å². The van der Waals surface area contributed by atoms with Crippen LogP contribution < -0.4 is 5.32 Å². The van der Waals surface area contributed by atoms with Crippen molar-refractivity contribution in [2.75, 3.05) is 25.5 Å². The second-order valence-electron chi connectivity index (χ2n) is 5.28. The molecule has 0 bridgehead atoms. The predicted octanol–water partition coefficient (Wildman–Crippen LogP) is 2.69. The summed E-state index contributed by atoms with van der Waals surface area (Å²) in [4.78, 5) is 18.8. The third-order valence-electron chi connectivity index (χ3n) is 3.94. The number of hydrogen-bond acceptors (Lipinski definition) is 3. The number of carbonyl (C=O) groups excluding carboxylic acids is 1. The first-order chi connectivity index (χ1) is 9.13. The van der Waals surface area contributed by atoms with Crippen LogP contribution in [-0.2, 0) is 0 Å². The second-order valence-corrected chi connectivity index (χ2v) is 5.28. The summed E-state index contributed by atoms with van der Waals surface area (Å²) in [6, 6.07) is 3.70. The van der Waals surface area contributed by atoms with E-state index in [9.17, 15) is 4.79 Å². The monoisotopic (exact) mass is 261 g/mol. The third kappa shape index (κ3) is 3.25. The van der Waals surface area contributed by atoms with Gasteiger partial charge in [-0.3, -0.25) is 4.79 Å². The van der Waals surface area contributed by atoms with Crippen LogP contribution in [0.2, 0.25) is 0 Å². The van der Waals surface area contributed by atoms with Gasteiger partial charge in [-0.25, -0.2) is 4.98 Å². The van der Waals surface area contributed by atoms with Gasteiger partial charge >= 0.3 is 0 Å². The normalized spacial score (nSPS) is 16.5. The van der Waals surface area contributed by atoms with Gasteiger partial charge in [0.05, 0.1) is 0 Å².